The maximum Gasteiger partial charge on any atom is 0.229 e. The highest BCUT2D eigenvalue weighted by atomic mass is 127. The van der Waals surface area contributed by atoms with Crippen LogP contribution in [0.5, 0.6) is 0 Å². The Morgan fingerprint density at radius 3 is 2.39 bits per heavy atom. The fourth-order valence-corrected chi connectivity index (χ4v) is 2.02. The summed E-state index contributed by atoms with van der Waals surface area (Å²) in [6.07, 6.45) is 3.67. The van der Waals surface area contributed by atoms with Crippen LogP contribution in [0.25, 0.3) is 0 Å². The summed E-state index contributed by atoms with van der Waals surface area (Å²) < 4.78 is 1.80. The van der Waals surface area contributed by atoms with Crippen molar-refractivity contribution >= 4 is 29.0 Å². The van der Waals surface area contributed by atoms with Crippen molar-refractivity contribution in [3.63, 3.8) is 0 Å². The third-order valence-corrected chi connectivity index (χ3v) is 2.88. The number of rotatable bonds is 3. The lowest BCUT2D eigenvalue weighted by atomic mass is 10.1. The third-order valence-electron chi connectivity index (χ3n) is 2.34. The Morgan fingerprint density at radius 2 is 1.78 bits per heavy atom. The van der Waals surface area contributed by atoms with Crippen LogP contribution in [0.1, 0.15) is 10.4 Å². The Labute approximate surface area is 133 Å². The van der Waals surface area contributed by atoms with Crippen molar-refractivity contribution in [2.45, 2.75) is 6.54 Å². The van der Waals surface area contributed by atoms with Crippen molar-refractivity contribution < 1.29 is 33.3 Å². The van der Waals surface area contributed by atoms with E-state index in [1.807, 2.05) is 30.6 Å². The van der Waals surface area contributed by atoms with Gasteiger partial charge in [0.15, 0.2) is 12.4 Å². The molecule has 1 aromatic carbocycles. The second-order valence-electron chi connectivity index (χ2n) is 3.60. The molecule has 0 saturated heterocycles. The van der Waals surface area contributed by atoms with E-state index in [1.165, 1.54) is 0 Å². The highest BCUT2D eigenvalue weighted by Gasteiger charge is 2.14. The quantitative estimate of drug-likeness (QED) is 0.413. The lowest BCUT2D eigenvalue weighted by Gasteiger charge is -2.01. The Hall–Kier alpha value is -0.650. The molecule has 0 bridgehead atoms. The Balaban J connectivity index is 0.00000162. The van der Waals surface area contributed by atoms with Gasteiger partial charge >= 0.3 is 0 Å². The molecule has 0 fully saturated rings. The van der Waals surface area contributed by atoms with Crippen molar-refractivity contribution in [1.29, 1.82) is 0 Å². The summed E-state index contributed by atoms with van der Waals surface area (Å²) in [5.74, 6) is -0.0390. The predicted octanol–water partition coefficient (Wildman–Crippen LogP) is 0.168. The molecule has 0 N–H and O–H groups in total. The van der Waals surface area contributed by atoms with E-state index in [1.54, 1.807) is 22.8 Å². The number of carbonyl (C=O) groups is 1. The highest BCUT2D eigenvalue weighted by Crippen LogP contribution is 2.21. The van der Waals surface area contributed by atoms with Crippen molar-refractivity contribution in [3.8, 4) is 0 Å². The molecule has 0 atom stereocenters. The number of pyridine rings is 1. The summed E-state index contributed by atoms with van der Waals surface area (Å²) in [5.41, 5.74) is 0.493. The monoisotopic (exact) mass is 393 g/mol. The molecule has 0 aliphatic heterocycles. The summed E-state index contributed by atoms with van der Waals surface area (Å²) in [5, 5.41) is 0.915. The van der Waals surface area contributed by atoms with Gasteiger partial charge in [-0.05, 0) is 18.2 Å². The van der Waals surface area contributed by atoms with Crippen LogP contribution in [-0.4, -0.2) is 5.78 Å². The zero-order valence-corrected chi connectivity index (χ0v) is 13.0. The van der Waals surface area contributed by atoms with E-state index in [0.717, 1.165) is 0 Å². The Bertz CT molecular complexity index is 546. The van der Waals surface area contributed by atoms with Gasteiger partial charge in [0.1, 0.15) is 0 Å². The van der Waals surface area contributed by atoms with Crippen LogP contribution in [0.2, 0.25) is 10.0 Å². The number of hydrogen-bond donors (Lipinski definition) is 0. The lowest BCUT2D eigenvalue weighted by molar-refractivity contribution is -0.683. The number of Topliss-reactive ketones (excluding diaryl/α,β-unsaturated/α-hetero) is 1. The molecule has 1 heterocycles. The van der Waals surface area contributed by atoms with Crippen LogP contribution in [0.4, 0.5) is 0 Å². The maximum atomic E-state index is 12.0. The SMILES string of the molecule is O=C(C[n+]1ccccc1)c1ccc(Cl)cc1Cl.[I-]. The molecule has 0 spiro atoms. The average Bonchev–Trinajstić information content (AvgIpc) is 2.30. The number of ketones is 1. The molecular weight excluding hydrogens is 384 g/mol. The molecule has 0 amide bonds. The number of aromatic nitrogens is 1. The summed E-state index contributed by atoms with van der Waals surface area (Å²) in [7, 11) is 0. The minimum absolute atomic E-state index is 0. The zero-order valence-electron chi connectivity index (χ0n) is 9.32. The Morgan fingerprint density at radius 1 is 1.11 bits per heavy atom. The molecule has 0 radical (unpaired) electrons. The first-order valence-corrected chi connectivity index (χ1v) is 5.85. The minimum Gasteiger partial charge on any atom is -1.00 e. The number of hydrogen-bond acceptors (Lipinski definition) is 1. The molecule has 0 saturated carbocycles. The number of halogens is 3. The highest BCUT2D eigenvalue weighted by molar-refractivity contribution is 6.36. The van der Waals surface area contributed by atoms with Crippen LogP contribution >= 0.6 is 23.2 Å². The van der Waals surface area contributed by atoms with Crippen LogP contribution in [0.15, 0.2) is 48.8 Å². The standard InChI is InChI=1S/C13H10Cl2NO.HI/c14-10-4-5-11(12(15)8-10)13(17)9-16-6-2-1-3-7-16;/h1-8H,9H2;1H/q+1;/p-1. The van der Waals surface area contributed by atoms with Crippen molar-refractivity contribution in [2.75, 3.05) is 0 Å². The van der Waals surface area contributed by atoms with Gasteiger partial charge < -0.3 is 24.0 Å². The summed E-state index contributed by atoms with van der Waals surface area (Å²) >= 11 is 11.8. The van der Waals surface area contributed by atoms with Gasteiger partial charge in [-0.3, -0.25) is 4.79 Å². The molecule has 0 unspecified atom stereocenters. The molecule has 94 valence electrons. The van der Waals surface area contributed by atoms with Crippen molar-refractivity contribution in [1.82, 2.24) is 0 Å². The minimum atomic E-state index is -0.0390. The predicted molar refractivity (Wildman–Crippen MR) is 67.4 cm³/mol. The van der Waals surface area contributed by atoms with E-state index in [4.69, 9.17) is 23.2 Å². The third kappa shape index (κ3) is 3.93. The lowest BCUT2D eigenvalue weighted by Crippen LogP contribution is -3.00. The van der Waals surface area contributed by atoms with Crippen LogP contribution < -0.4 is 28.5 Å². The molecule has 18 heavy (non-hydrogen) atoms. The second-order valence-corrected chi connectivity index (χ2v) is 4.44. The molecule has 2 nitrogen and oxygen atoms in total. The van der Waals surface area contributed by atoms with Gasteiger partial charge in [-0.25, -0.2) is 0 Å². The van der Waals surface area contributed by atoms with Crippen molar-refractivity contribution in [3.05, 3.63) is 64.4 Å². The first-order chi connectivity index (χ1) is 8.16. The first kappa shape index (κ1) is 15.4. The number of benzene rings is 1. The molecule has 0 aliphatic rings. The van der Waals surface area contributed by atoms with E-state index in [2.05, 4.69) is 0 Å². The van der Waals surface area contributed by atoms with E-state index in [9.17, 15) is 4.79 Å². The van der Waals surface area contributed by atoms with Gasteiger partial charge in [0.25, 0.3) is 0 Å². The maximum absolute atomic E-state index is 12.0. The van der Waals surface area contributed by atoms with Gasteiger partial charge in [-0.2, -0.15) is 4.57 Å². The first-order valence-electron chi connectivity index (χ1n) is 5.09. The van der Waals surface area contributed by atoms with Gasteiger partial charge in [0.2, 0.25) is 12.3 Å². The fourth-order valence-electron chi connectivity index (χ4n) is 1.51. The molecule has 0 aliphatic carbocycles. The number of carbonyl (C=O) groups excluding carboxylic acids is 1. The largest absolute Gasteiger partial charge is 1.00 e. The van der Waals surface area contributed by atoms with E-state index >= 15 is 0 Å². The average molecular weight is 394 g/mol. The van der Waals surface area contributed by atoms with E-state index in [-0.39, 0.29) is 36.3 Å². The normalized spacial score (nSPS) is 9.67. The molecular formula is C13H10Cl2INO. The molecule has 1 aromatic heterocycles. The van der Waals surface area contributed by atoms with Gasteiger partial charge in [0, 0.05) is 22.7 Å². The Kier molecular flexibility index (Phi) is 6.05. The second kappa shape index (κ2) is 7.07. The smallest absolute Gasteiger partial charge is 0.229 e. The van der Waals surface area contributed by atoms with Crippen molar-refractivity contribution in [2.24, 2.45) is 0 Å². The fraction of sp³-hybridized carbons (Fsp3) is 0.0769. The molecule has 2 rings (SSSR count). The van der Waals surface area contributed by atoms with Gasteiger partial charge in [-0.1, -0.05) is 29.3 Å². The summed E-state index contributed by atoms with van der Waals surface area (Å²) in [6.45, 7) is 0.266. The van der Waals surface area contributed by atoms with Crippen LogP contribution in [-0.2, 0) is 6.54 Å². The van der Waals surface area contributed by atoms with E-state index in [0.29, 0.717) is 15.6 Å². The molecule has 5 heteroatoms. The summed E-state index contributed by atoms with van der Waals surface area (Å²) in [4.78, 5) is 12.0. The van der Waals surface area contributed by atoms with E-state index < -0.39 is 0 Å². The zero-order chi connectivity index (χ0) is 12.3. The van der Waals surface area contributed by atoms with Gasteiger partial charge in [0.05, 0.1) is 5.02 Å². The van der Waals surface area contributed by atoms with Gasteiger partial charge in [-0.15, -0.1) is 0 Å². The summed E-state index contributed by atoms with van der Waals surface area (Å²) in [6, 6.07) is 10.5. The topological polar surface area (TPSA) is 20.9 Å². The molecule has 2 aromatic rings. The van der Waals surface area contributed by atoms with Crippen LogP contribution in [0.3, 0.4) is 0 Å². The number of nitrogens with zero attached hydrogens (tertiary/aromatic N) is 1. The van der Waals surface area contributed by atoms with Crippen LogP contribution in [0, 0.1) is 0 Å².